The first-order chi connectivity index (χ1) is 2.27. The van der Waals surface area contributed by atoms with Crippen molar-refractivity contribution in [2.75, 3.05) is 0 Å². The highest BCUT2D eigenvalue weighted by atomic mass is 32.4. The van der Waals surface area contributed by atoms with E-state index in [0.29, 0.717) is 0 Å². The van der Waals surface area contributed by atoms with Crippen LogP contribution in [0.3, 0.4) is 0 Å². The largest absolute Gasteiger partial charge is 0.270 e. The van der Waals surface area contributed by atoms with E-state index >= 15 is 0 Å². The number of hydrogen-bond acceptors (Lipinski definition) is 1. The van der Waals surface area contributed by atoms with Crippen molar-refractivity contribution in [3.8, 4) is 0 Å². The molecule has 0 aliphatic heterocycles. The first-order valence-corrected chi connectivity index (χ1v) is 4.67. The van der Waals surface area contributed by atoms with E-state index in [2.05, 4.69) is 8.93 Å². The summed E-state index contributed by atoms with van der Waals surface area (Å²) in [5, 5.41) is 0. The van der Waals surface area contributed by atoms with Gasteiger partial charge in [0.15, 0.2) is 8.15 Å². The summed E-state index contributed by atoms with van der Waals surface area (Å²) in [6, 6.07) is 0. The fraction of sp³-hybridized carbons (Fsp3) is 0. The Morgan fingerprint density at radius 3 is 2.75 bits per heavy atom. The van der Waals surface area contributed by atoms with Crippen molar-refractivity contribution in [3.63, 3.8) is 0 Å². The Balaban J connectivity index is 2.83. The van der Waals surface area contributed by atoms with Crippen LogP contribution in [0.5, 0.6) is 0 Å². The molecule has 1 nitrogen and oxygen atoms in total. The van der Waals surface area contributed by atoms with Gasteiger partial charge in [0, 0.05) is 0 Å². The molecule has 0 aromatic carbocycles. The van der Waals surface area contributed by atoms with Gasteiger partial charge in [0.2, 0.25) is 0 Å². The molecule has 0 rings (SSSR count). The second-order valence-corrected chi connectivity index (χ2v) is 3.85. The molecule has 0 radical (unpaired) electrons. The van der Waals surface area contributed by atoms with Crippen LogP contribution in [0.1, 0.15) is 0 Å². The second kappa shape index (κ2) is 3.96. The molecule has 2 unspecified atom stereocenters. The third-order valence-electron chi connectivity index (χ3n) is 0.0471. The normalized spacial score (nSPS) is 19.8. The van der Waals surface area contributed by atoms with Crippen molar-refractivity contribution in [2.24, 2.45) is 0 Å². The molecule has 0 aliphatic carbocycles. The summed E-state index contributed by atoms with van der Waals surface area (Å²) in [7, 11) is 1.07. The van der Waals surface area contributed by atoms with Gasteiger partial charge in [-0.3, -0.25) is 4.57 Å². The van der Waals surface area contributed by atoms with Gasteiger partial charge < -0.3 is 0 Å². The van der Waals surface area contributed by atoms with Crippen LogP contribution in [0.15, 0.2) is 0 Å². The van der Waals surface area contributed by atoms with Crippen molar-refractivity contribution in [2.45, 2.75) is 0 Å². The molecular formula is H3OP3. The zero-order valence-electron chi connectivity index (χ0n) is 2.88. The molecule has 4 heavy (non-hydrogen) atoms. The molecule has 24 valence electrons. The first-order valence-electron chi connectivity index (χ1n) is 1.09. The minimum Gasteiger partial charge on any atom is -0.270 e. The molecule has 0 saturated carbocycles. The predicted molar refractivity (Wildman–Crippen MR) is 25.6 cm³/mol. The molecule has 0 fully saturated rings. The van der Waals surface area contributed by atoms with Gasteiger partial charge in [0.25, 0.3) is 0 Å². The first kappa shape index (κ1) is 3.16. The van der Waals surface area contributed by atoms with E-state index in [1.807, 2.05) is 0 Å². The van der Waals surface area contributed by atoms with Crippen molar-refractivity contribution in [3.05, 3.63) is 0 Å². The lowest BCUT2D eigenvalue weighted by molar-refractivity contribution is 0.605. The zero-order chi connectivity index (χ0) is 4.28. The van der Waals surface area contributed by atoms with Gasteiger partial charge in [0.05, 0.1) is 1.28 Å². The third kappa shape index (κ3) is 2.96. The molecule has 4 heteroatoms. The molecule has 0 aromatic rings. The molecule has 0 heterocycles. The Hall–Kier alpha value is 0.960. The smallest absolute Gasteiger partial charge is 0.181 e. The minimum absolute atomic E-state index is 0.0586. The molecule has 0 aliphatic rings. The molecule has 2 atom stereocenters. The van der Waals surface area contributed by atoms with Crippen LogP contribution in [-0.4, -0.2) is 1.28 Å². The number of rotatable bonds is 1. The highest BCUT2D eigenvalue weighted by Gasteiger charge is 1.54. The molecule has 0 bridgehead atoms. The van der Waals surface area contributed by atoms with Crippen molar-refractivity contribution in [1.29, 1.82) is 1.28 Å². The summed E-state index contributed by atoms with van der Waals surface area (Å²) in [6.07, 6.45) is 0. The van der Waals surface area contributed by atoms with Gasteiger partial charge in [-0.15, -0.1) is 8.93 Å². The van der Waals surface area contributed by atoms with E-state index in [4.69, 9.17) is 1.28 Å². The van der Waals surface area contributed by atoms with Crippen LogP contribution in [-0.2, 0) is 4.57 Å². The molecule has 0 aromatic heterocycles. The predicted octanol–water partition coefficient (Wildman–Crippen LogP) is 1.66. The maximum Gasteiger partial charge on any atom is 0.181 e. The summed E-state index contributed by atoms with van der Waals surface area (Å²) in [4.78, 5) is 0. The fourth-order valence-corrected chi connectivity index (χ4v) is 0. The van der Waals surface area contributed by atoms with Gasteiger partial charge in [0.1, 0.15) is 0 Å². The van der Waals surface area contributed by atoms with Crippen molar-refractivity contribution < 1.29 is 4.57 Å². The molecular weight excluding hydrogens is 109 g/mol. The maximum atomic E-state index is 9.42. The summed E-state index contributed by atoms with van der Waals surface area (Å²) < 4.78 is 16.0. The zero-order valence-corrected chi connectivity index (χ0v) is 4.82. The highest BCUT2D eigenvalue weighted by molar-refractivity contribution is 8.35. The van der Waals surface area contributed by atoms with Gasteiger partial charge in [-0.1, -0.05) is 0 Å². The monoisotopic (exact) mass is 113 g/mol. The lowest BCUT2D eigenvalue weighted by atomic mass is 16.0. The van der Waals surface area contributed by atoms with Crippen LogP contribution in [0.2, 0.25) is 0 Å². The molecule has 0 spiro atoms. The van der Waals surface area contributed by atoms with E-state index in [1.54, 1.807) is 0 Å². The Bertz CT molecular complexity index is 33.9. The Kier molecular flexibility index (Phi) is 3.13. The average Bonchev–Trinajstić information content (AvgIpc) is 1.38. The van der Waals surface area contributed by atoms with Crippen LogP contribution >= 0.6 is 25.0 Å². The highest BCUT2D eigenvalue weighted by Crippen LogP contribution is 2.33. The quantitative estimate of drug-likeness (QED) is 0.472. The van der Waals surface area contributed by atoms with E-state index in [9.17, 15) is 4.57 Å². The summed E-state index contributed by atoms with van der Waals surface area (Å²) in [5.41, 5.74) is 0. The average molecular weight is 113 g/mol. The topological polar surface area (TPSA) is 17.1 Å². The van der Waals surface area contributed by atoms with Gasteiger partial charge in [-0.05, 0) is 7.90 Å². The standard InChI is InChI=1S/H3OP3/c1-3-4-2/h4H,2H2/i4D. The summed E-state index contributed by atoms with van der Waals surface area (Å²) in [5.74, 6) is 0. The van der Waals surface area contributed by atoms with Crippen molar-refractivity contribution >= 4 is 25.0 Å². The molecule has 0 amide bonds. The van der Waals surface area contributed by atoms with E-state index < -0.39 is 7.90 Å². The van der Waals surface area contributed by atoms with Gasteiger partial charge >= 0.3 is 0 Å². The van der Waals surface area contributed by atoms with E-state index in [-0.39, 0.29) is 8.15 Å². The maximum absolute atomic E-state index is 9.42. The van der Waals surface area contributed by atoms with E-state index in [1.165, 1.54) is 0 Å². The summed E-state index contributed by atoms with van der Waals surface area (Å²) >= 11 is 0. The fourth-order valence-electron chi connectivity index (χ4n) is 0. The minimum atomic E-state index is -1.01. The lowest BCUT2D eigenvalue weighted by Gasteiger charge is -1.50. The van der Waals surface area contributed by atoms with Gasteiger partial charge in [-0.2, -0.15) is 0 Å². The van der Waals surface area contributed by atoms with E-state index in [0.717, 1.165) is 0 Å². The summed E-state index contributed by atoms with van der Waals surface area (Å²) in [6.45, 7) is 0. The van der Waals surface area contributed by atoms with Crippen LogP contribution < -0.4 is 0 Å². The van der Waals surface area contributed by atoms with Crippen LogP contribution in [0, 0.1) is 0 Å². The SMILES string of the molecule is [2H]P(P)P=O. The Morgan fingerprint density at radius 2 is 2.75 bits per heavy atom. The molecule has 0 N–H and O–H groups in total. The number of hydrogen-bond donors (Lipinski definition) is 0. The second-order valence-electron chi connectivity index (χ2n) is 0.197. The van der Waals surface area contributed by atoms with Crippen LogP contribution in [0.4, 0.5) is 0 Å². The van der Waals surface area contributed by atoms with Crippen molar-refractivity contribution in [1.82, 2.24) is 0 Å². The van der Waals surface area contributed by atoms with Crippen LogP contribution in [0.25, 0.3) is 0 Å². The van der Waals surface area contributed by atoms with Gasteiger partial charge in [-0.25, -0.2) is 0 Å². The third-order valence-corrected chi connectivity index (χ3v) is 1.27. The Morgan fingerprint density at radius 1 is 2.50 bits per heavy atom. The Labute approximate surface area is 31.8 Å². The lowest BCUT2D eigenvalue weighted by Crippen LogP contribution is -0.805. The molecule has 0 saturated heterocycles.